The standard InChI is InChI=1S/C24H30F4N6O4/c25-9-3-1-2-4-12-38-20-13-17(22(36)30-15-24(26,27)28)5-6-19(20)34-14-18(31-32-34)23(37)33-10-7-16(8-11-33)21(29)35/h5-6,13-14,16H,1-4,7-12,15H2,(H2,29,35)(H,30,36). The highest BCUT2D eigenvalue weighted by atomic mass is 19.4. The Kier molecular flexibility index (Phi) is 10.0. The number of benzene rings is 1. The molecule has 0 spiro atoms. The lowest BCUT2D eigenvalue weighted by Gasteiger charge is -2.29. The minimum absolute atomic E-state index is 0.0479. The zero-order valence-corrected chi connectivity index (χ0v) is 20.7. The van der Waals surface area contributed by atoms with Crippen LogP contribution in [0.4, 0.5) is 17.6 Å². The fourth-order valence-electron chi connectivity index (χ4n) is 3.98. The van der Waals surface area contributed by atoms with Crippen molar-refractivity contribution in [2.24, 2.45) is 11.7 Å². The number of carbonyl (C=O) groups is 3. The molecule has 3 rings (SSSR count). The van der Waals surface area contributed by atoms with Gasteiger partial charge in [-0.3, -0.25) is 18.8 Å². The molecule has 1 aliphatic heterocycles. The summed E-state index contributed by atoms with van der Waals surface area (Å²) < 4.78 is 56.9. The number of primary amides is 1. The van der Waals surface area contributed by atoms with Gasteiger partial charge in [-0.05, 0) is 50.3 Å². The van der Waals surface area contributed by atoms with Crippen LogP contribution in [0.1, 0.15) is 59.4 Å². The predicted octanol–water partition coefficient (Wildman–Crippen LogP) is 2.81. The van der Waals surface area contributed by atoms with Crippen molar-refractivity contribution in [3.05, 3.63) is 35.7 Å². The van der Waals surface area contributed by atoms with E-state index in [9.17, 15) is 31.9 Å². The first-order chi connectivity index (χ1) is 18.1. The van der Waals surface area contributed by atoms with Crippen LogP contribution >= 0.6 is 0 Å². The molecule has 0 unspecified atom stereocenters. The molecule has 0 radical (unpaired) electrons. The molecule has 1 aliphatic rings. The lowest BCUT2D eigenvalue weighted by molar-refractivity contribution is -0.123. The van der Waals surface area contributed by atoms with Gasteiger partial charge in [0.25, 0.3) is 11.8 Å². The summed E-state index contributed by atoms with van der Waals surface area (Å²) >= 11 is 0. The second-order valence-corrected chi connectivity index (χ2v) is 8.95. The molecule has 208 valence electrons. The second-order valence-electron chi connectivity index (χ2n) is 8.95. The van der Waals surface area contributed by atoms with E-state index in [0.717, 1.165) is 0 Å². The van der Waals surface area contributed by atoms with Gasteiger partial charge in [0.1, 0.15) is 18.0 Å². The van der Waals surface area contributed by atoms with Crippen LogP contribution in [0.25, 0.3) is 5.69 Å². The Hall–Kier alpha value is -3.71. The first-order valence-electron chi connectivity index (χ1n) is 12.3. The zero-order chi connectivity index (χ0) is 27.7. The number of nitrogens with zero attached hydrogens (tertiary/aromatic N) is 4. The van der Waals surface area contributed by atoms with Gasteiger partial charge in [-0.25, -0.2) is 4.68 Å². The van der Waals surface area contributed by atoms with Crippen LogP contribution in [0, 0.1) is 5.92 Å². The number of unbranched alkanes of at least 4 members (excludes halogenated alkanes) is 3. The Bertz CT molecular complexity index is 1120. The monoisotopic (exact) mass is 542 g/mol. The Labute approximate surface area is 216 Å². The first kappa shape index (κ1) is 28.9. The molecule has 0 saturated carbocycles. The normalized spacial score (nSPS) is 14.4. The molecular weight excluding hydrogens is 512 g/mol. The maximum Gasteiger partial charge on any atom is 0.405 e. The number of likely N-dealkylation sites (tertiary alicyclic amines) is 1. The summed E-state index contributed by atoms with van der Waals surface area (Å²) in [5.74, 6) is -1.83. The number of hydrogen-bond donors (Lipinski definition) is 2. The molecule has 10 nitrogen and oxygen atoms in total. The molecule has 1 saturated heterocycles. The molecular formula is C24H30F4N6O4. The number of alkyl halides is 4. The van der Waals surface area contributed by atoms with E-state index in [1.54, 1.807) is 4.90 Å². The van der Waals surface area contributed by atoms with E-state index in [1.807, 2.05) is 5.32 Å². The van der Waals surface area contributed by atoms with Gasteiger partial charge in [0.15, 0.2) is 5.69 Å². The molecule has 0 bridgehead atoms. The Balaban J connectivity index is 1.75. The Morgan fingerprint density at radius 1 is 1.11 bits per heavy atom. The number of ether oxygens (including phenoxy) is 1. The Morgan fingerprint density at radius 2 is 1.82 bits per heavy atom. The highest BCUT2D eigenvalue weighted by Gasteiger charge is 2.29. The molecule has 1 fully saturated rings. The molecule has 1 aromatic carbocycles. The van der Waals surface area contributed by atoms with E-state index in [2.05, 4.69) is 10.3 Å². The SMILES string of the molecule is NC(=O)C1CCN(C(=O)c2cn(-c3ccc(C(=O)NCC(F)(F)F)cc3OCCCCCCF)nn2)CC1. The Morgan fingerprint density at radius 3 is 2.47 bits per heavy atom. The predicted molar refractivity (Wildman–Crippen MR) is 128 cm³/mol. The van der Waals surface area contributed by atoms with Crippen LogP contribution in [0.3, 0.4) is 0 Å². The van der Waals surface area contributed by atoms with Crippen molar-refractivity contribution in [2.45, 2.75) is 44.7 Å². The van der Waals surface area contributed by atoms with Gasteiger partial charge < -0.3 is 20.7 Å². The quantitative estimate of drug-likeness (QED) is 0.313. The molecule has 0 aliphatic carbocycles. The molecule has 3 amide bonds. The fourth-order valence-corrected chi connectivity index (χ4v) is 3.98. The van der Waals surface area contributed by atoms with Gasteiger partial charge in [0.2, 0.25) is 5.91 Å². The van der Waals surface area contributed by atoms with Crippen molar-refractivity contribution in [3.63, 3.8) is 0 Å². The van der Waals surface area contributed by atoms with E-state index in [4.69, 9.17) is 10.5 Å². The van der Waals surface area contributed by atoms with Crippen LogP contribution in [0.2, 0.25) is 0 Å². The molecule has 0 atom stereocenters. The summed E-state index contributed by atoms with van der Waals surface area (Å²) in [4.78, 5) is 38.1. The maximum absolute atomic E-state index is 12.9. The average molecular weight is 543 g/mol. The topological polar surface area (TPSA) is 132 Å². The summed E-state index contributed by atoms with van der Waals surface area (Å²) in [6, 6.07) is 4.04. The van der Waals surface area contributed by atoms with E-state index in [0.29, 0.717) is 57.3 Å². The third-order valence-corrected chi connectivity index (χ3v) is 6.10. The number of carbonyl (C=O) groups excluding carboxylic acids is 3. The number of aromatic nitrogens is 3. The van der Waals surface area contributed by atoms with Crippen molar-refractivity contribution in [2.75, 3.05) is 32.9 Å². The summed E-state index contributed by atoms with van der Waals surface area (Å²) in [7, 11) is 0. The van der Waals surface area contributed by atoms with Crippen molar-refractivity contribution >= 4 is 17.7 Å². The lowest BCUT2D eigenvalue weighted by Crippen LogP contribution is -2.41. The van der Waals surface area contributed by atoms with Gasteiger partial charge in [-0.15, -0.1) is 5.10 Å². The van der Waals surface area contributed by atoms with Gasteiger partial charge in [-0.2, -0.15) is 13.2 Å². The van der Waals surface area contributed by atoms with Gasteiger partial charge in [0.05, 0.1) is 19.5 Å². The highest BCUT2D eigenvalue weighted by molar-refractivity contribution is 5.95. The third kappa shape index (κ3) is 8.15. The first-order valence-corrected chi connectivity index (χ1v) is 12.3. The average Bonchev–Trinajstić information content (AvgIpc) is 3.38. The summed E-state index contributed by atoms with van der Waals surface area (Å²) in [6.45, 7) is -0.988. The smallest absolute Gasteiger partial charge is 0.405 e. The van der Waals surface area contributed by atoms with Crippen LogP contribution < -0.4 is 15.8 Å². The summed E-state index contributed by atoms with van der Waals surface area (Å²) in [5.41, 5.74) is 5.65. The summed E-state index contributed by atoms with van der Waals surface area (Å²) in [6.07, 6.45) is 0.148. The minimum Gasteiger partial charge on any atom is -0.491 e. The van der Waals surface area contributed by atoms with Crippen molar-refractivity contribution in [3.8, 4) is 11.4 Å². The van der Waals surface area contributed by atoms with Crippen LogP contribution in [0.5, 0.6) is 5.75 Å². The molecule has 2 heterocycles. The maximum atomic E-state index is 12.9. The number of amides is 3. The number of hydrogen-bond acceptors (Lipinski definition) is 6. The second kappa shape index (κ2) is 13.2. The molecule has 2 aromatic rings. The fraction of sp³-hybridized carbons (Fsp3) is 0.542. The van der Waals surface area contributed by atoms with Crippen LogP contribution in [-0.4, -0.2) is 76.7 Å². The number of nitrogens with two attached hydrogens (primary N) is 1. The number of piperidine rings is 1. The summed E-state index contributed by atoms with van der Waals surface area (Å²) in [5, 5.41) is 9.75. The van der Waals surface area contributed by atoms with Gasteiger partial charge >= 0.3 is 6.18 Å². The van der Waals surface area contributed by atoms with E-state index >= 15 is 0 Å². The van der Waals surface area contributed by atoms with Crippen molar-refractivity contribution < 1.29 is 36.7 Å². The molecule has 1 aromatic heterocycles. The van der Waals surface area contributed by atoms with Crippen molar-refractivity contribution in [1.82, 2.24) is 25.2 Å². The van der Waals surface area contributed by atoms with E-state index < -0.39 is 31.2 Å². The minimum atomic E-state index is -4.56. The van der Waals surface area contributed by atoms with Crippen LogP contribution in [-0.2, 0) is 4.79 Å². The zero-order valence-electron chi connectivity index (χ0n) is 20.7. The highest BCUT2D eigenvalue weighted by Crippen LogP contribution is 2.26. The van der Waals surface area contributed by atoms with Crippen molar-refractivity contribution in [1.29, 1.82) is 0 Å². The molecule has 38 heavy (non-hydrogen) atoms. The van der Waals surface area contributed by atoms with Crippen LogP contribution in [0.15, 0.2) is 24.4 Å². The van der Waals surface area contributed by atoms with Gasteiger partial charge in [0, 0.05) is 24.6 Å². The van der Waals surface area contributed by atoms with Gasteiger partial charge in [-0.1, -0.05) is 11.6 Å². The van der Waals surface area contributed by atoms with E-state index in [-0.39, 0.29) is 35.4 Å². The molecule has 3 N–H and O–H groups in total. The number of halogens is 4. The van der Waals surface area contributed by atoms with E-state index in [1.165, 1.54) is 29.1 Å². The molecule has 14 heteroatoms. The lowest BCUT2D eigenvalue weighted by atomic mass is 9.96. The number of rotatable bonds is 12. The largest absolute Gasteiger partial charge is 0.491 e. The number of nitrogens with one attached hydrogen (secondary N) is 1. The third-order valence-electron chi connectivity index (χ3n) is 6.10.